The lowest BCUT2D eigenvalue weighted by Gasteiger charge is -2.14. The molecule has 1 heterocycles. The van der Waals surface area contributed by atoms with E-state index in [4.69, 9.17) is 9.47 Å². The highest BCUT2D eigenvalue weighted by atomic mass is 16.5. The number of aromatic nitrogens is 2. The van der Waals surface area contributed by atoms with Gasteiger partial charge in [-0.3, -0.25) is 4.68 Å². The first-order chi connectivity index (χ1) is 7.77. The van der Waals surface area contributed by atoms with Gasteiger partial charge in [-0.1, -0.05) is 0 Å². The molecule has 0 saturated carbocycles. The standard InChI is InChI=1S/C11H21N3O2/c1-12-11(4-5-16-7-6-15-3)10-8-13-14(2)9-10/h8-9,11-12H,4-7H2,1-3H3. The van der Waals surface area contributed by atoms with Crippen molar-refractivity contribution in [2.24, 2.45) is 7.05 Å². The molecule has 16 heavy (non-hydrogen) atoms. The molecule has 0 radical (unpaired) electrons. The lowest BCUT2D eigenvalue weighted by Crippen LogP contribution is -2.18. The molecule has 0 bridgehead atoms. The third-order valence-corrected chi connectivity index (χ3v) is 2.46. The zero-order valence-electron chi connectivity index (χ0n) is 10.3. The molecule has 1 aromatic heterocycles. The second-order valence-corrected chi connectivity index (χ2v) is 3.68. The van der Waals surface area contributed by atoms with Crippen LogP contribution in [-0.2, 0) is 16.5 Å². The van der Waals surface area contributed by atoms with Gasteiger partial charge in [-0.2, -0.15) is 5.10 Å². The maximum atomic E-state index is 5.44. The predicted molar refractivity (Wildman–Crippen MR) is 62.3 cm³/mol. The van der Waals surface area contributed by atoms with Gasteiger partial charge in [0, 0.05) is 38.6 Å². The maximum absolute atomic E-state index is 5.44. The number of nitrogens with zero attached hydrogens (tertiary/aromatic N) is 2. The van der Waals surface area contributed by atoms with Crippen molar-refractivity contribution in [1.82, 2.24) is 15.1 Å². The van der Waals surface area contributed by atoms with Gasteiger partial charge in [-0.15, -0.1) is 0 Å². The number of methoxy groups -OCH3 is 1. The summed E-state index contributed by atoms with van der Waals surface area (Å²) in [5, 5.41) is 7.42. The highest BCUT2D eigenvalue weighted by molar-refractivity contribution is 5.09. The zero-order chi connectivity index (χ0) is 11.8. The molecule has 92 valence electrons. The Morgan fingerprint density at radius 2 is 2.25 bits per heavy atom. The molecule has 0 saturated heterocycles. The van der Waals surface area contributed by atoms with Crippen LogP contribution in [0.1, 0.15) is 18.0 Å². The monoisotopic (exact) mass is 227 g/mol. The molecule has 0 aliphatic heterocycles. The van der Waals surface area contributed by atoms with E-state index < -0.39 is 0 Å². The number of aryl methyl sites for hydroxylation is 1. The first-order valence-corrected chi connectivity index (χ1v) is 5.50. The Morgan fingerprint density at radius 1 is 1.44 bits per heavy atom. The largest absolute Gasteiger partial charge is 0.382 e. The van der Waals surface area contributed by atoms with Crippen LogP contribution >= 0.6 is 0 Å². The van der Waals surface area contributed by atoms with Gasteiger partial charge in [0.2, 0.25) is 0 Å². The third-order valence-electron chi connectivity index (χ3n) is 2.46. The van der Waals surface area contributed by atoms with Crippen molar-refractivity contribution in [3.63, 3.8) is 0 Å². The smallest absolute Gasteiger partial charge is 0.0700 e. The molecule has 1 atom stereocenters. The Morgan fingerprint density at radius 3 is 2.81 bits per heavy atom. The molecule has 0 spiro atoms. The summed E-state index contributed by atoms with van der Waals surface area (Å²) in [7, 11) is 5.55. The first kappa shape index (κ1) is 13.2. The van der Waals surface area contributed by atoms with Crippen molar-refractivity contribution in [3.05, 3.63) is 18.0 Å². The van der Waals surface area contributed by atoms with E-state index in [9.17, 15) is 0 Å². The van der Waals surface area contributed by atoms with Crippen LogP contribution in [0.5, 0.6) is 0 Å². The Labute approximate surface area is 96.7 Å². The third kappa shape index (κ3) is 4.30. The molecular weight excluding hydrogens is 206 g/mol. The van der Waals surface area contributed by atoms with Gasteiger partial charge in [0.15, 0.2) is 0 Å². The fourth-order valence-electron chi connectivity index (χ4n) is 1.54. The zero-order valence-corrected chi connectivity index (χ0v) is 10.3. The number of rotatable bonds is 8. The number of hydrogen-bond donors (Lipinski definition) is 1. The number of ether oxygens (including phenoxy) is 2. The minimum Gasteiger partial charge on any atom is -0.382 e. The average Bonchev–Trinajstić information content (AvgIpc) is 2.70. The molecule has 1 rings (SSSR count). The van der Waals surface area contributed by atoms with Gasteiger partial charge in [0.05, 0.1) is 19.4 Å². The van der Waals surface area contributed by atoms with E-state index >= 15 is 0 Å². The molecule has 5 heteroatoms. The van der Waals surface area contributed by atoms with Gasteiger partial charge < -0.3 is 14.8 Å². The van der Waals surface area contributed by atoms with E-state index in [2.05, 4.69) is 10.4 Å². The summed E-state index contributed by atoms with van der Waals surface area (Å²) in [6.07, 6.45) is 4.85. The molecule has 0 fully saturated rings. The predicted octanol–water partition coefficient (Wildman–Crippen LogP) is 0.734. The average molecular weight is 227 g/mol. The minimum absolute atomic E-state index is 0.302. The van der Waals surface area contributed by atoms with Gasteiger partial charge in [0.1, 0.15) is 0 Å². The molecule has 5 nitrogen and oxygen atoms in total. The summed E-state index contributed by atoms with van der Waals surface area (Å²) in [4.78, 5) is 0. The van der Waals surface area contributed by atoms with Gasteiger partial charge >= 0.3 is 0 Å². The van der Waals surface area contributed by atoms with Crippen LogP contribution in [0.15, 0.2) is 12.4 Å². The van der Waals surface area contributed by atoms with Crippen LogP contribution in [-0.4, -0.2) is 43.8 Å². The van der Waals surface area contributed by atoms with Crippen LogP contribution in [0.3, 0.4) is 0 Å². The van der Waals surface area contributed by atoms with E-state index in [0.29, 0.717) is 19.3 Å². The molecular formula is C11H21N3O2. The van der Waals surface area contributed by atoms with Gasteiger partial charge in [-0.05, 0) is 13.5 Å². The van der Waals surface area contributed by atoms with Crippen molar-refractivity contribution in [1.29, 1.82) is 0 Å². The SMILES string of the molecule is CNC(CCOCCOC)c1cnn(C)c1. The Kier molecular flexibility index (Phi) is 6.07. The van der Waals surface area contributed by atoms with Crippen molar-refractivity contribution in [2.45, 2.75) is 12.5 Å². The molecule has 0 aliphatic carbocycles. The molecule has 0 amide bonds. The fraction of sp³-hybridized carbons (Fsp3) is 0.727. The normalized spacial score (nSPS) is 12.9. The molecule has 0 aliphatic rings. The second kappa shape index (κ2) is 7.38. The van der Waals surface area contributed by atoms with E-state index in [0.717, 1.165) is 13.0 Å². The van der Waals surface area contributed by atoms with E-state index in [-0.39, 0.29) is 0 Å². The Balaban J connectivity index is 2.27. The van der Waals surface area contributed by atoms with Crippen molar-refractivity contribution in [3.8, 4) is 0 Å². The highest BCUT2D eigenvalue weighted by Crippen LogP contribution is 2.14. The molecule has 1 unspecified atom stereocenters. The summed E-state index contributed by atoms with van der Waals surface area (Å²) in [5.41, 5.74) is 1.19. The minimum atomic E-state index is 0.302. The summed E-state index contributed by atoms with van der Waals surface area (Å²) >= 11 is 0. The Hall–Kier alpha value is -0.910. The quantitative estimate of drug-likeness (QED) is 0.665. The van der Waals surface area contributed by atoms with Crippen molar-refractivity contribution >= 4 is 0 Å². The van der Waals surface area contributed by atoms with E-state index in [1.165, 1.54) is 5.56 Å². The summed E-state index contributed by atoms with van der Waals surface area (Å²) < 4.78 is 12.2. The van der Waals surface area contributed by atoms with Crippen LogP contribution < -0.4 is 5.32 Å². The Bertz CT molecular complexity index is 289. The fourth-order valence-corrected chi connectivity index (χ4v) is 1.54. The molecule has 1 N–H and O–H groups in total. The molecule has 1 aromatic rings. The van der Waals surface area contributed by atoms with E-state index in [1.807, 2.05) is 31.2 Å². The molecule has 0 aromatic carbocycles. The summed E-state index contributed by atoms with van der Waals surface area (Å²) in [6, 6.07) is 0.302. The van der Waals surface area contributed by atoms with Crippen molar-refractivity contribution in [2.75, 3.05) is 34.0 Å². The van der Waals surface area contributed by atoms with Crippen LogP contribution in [0.4, 0.5) is 0 Å². The lowest BCUT2D eigenvalue weighted by atomic mass is 10.1. The summed E-state index contributed by atoms with van der Waals surface area (Å²) in [5.74, 6) is 0. The number of nitrogens with one attached hydrogen (secondary N) is 1. The van der Waals surface area contributed by atoms with Crippen LogP contribution in [0.2, 0.25) is 0 Å². The van der Waals surface area contributed by atoms with Gasteiger partial charge in [0.25, 0.3) is 0 Å². The maximum Gasteiger partial charge on any atom is 0.0700 e. The van der Waals surface area contributed by atoms with E-state index in [1.54, 1.807) is 7.11 Å². The summed E-state index contributed by atoms with van der Waals surface area (Å²) in [6.45, 7) is 2.03. The lowest BCUT2D eigenvalue weighted by molar-refractivity contribution is 0.0661. The topological polar surface area (TPSA) is 48.3 Å². The van der Waals surface area contributed by atoms with Crippen LogP contribution in [0.25, 0.3) is 0 Å². The van der Waals surface area contributed by atoms with Gasteiger partial charge in [-0.25, -0.2) is 0 Å². The second-order valence-electron chi connectivity index (χ2n) is 3.68. The number of hydrogen-bond acceptors (Lipinski definition) is 4. The first-order valence-electron chi connectivity index (χ1n) is 5.50. The highest BCUT2D eigenvalue weighted by Gasteiger charge is 2.10. The van der Waals surface area contributed by atoms with Crippen LogP contribution in [0, 0.1) is 0 Å². The van der Waals surface area contributed by atoms with Crippen molar-refractivity contribution < 1.29 is 9.47 Å².